The van der Waals surface area contributed by atoms with Gasteiger partial charge in [0, 0.05) is 6.04 Å². The van der Waals surface area contributed by atoms with Crippen molar-refractivity contribution in [3.05, 3.63) is 12.7 Å². The molecule has 0 aromatic carbocycles. The molecule has 0 radical (unpaired) electrons. The molecular formula is C6H13N. The minimum Gasteiger partial charge on any atom is -0.328 e. The molecule has 7 heavy (non-hydrogen) atoms. The lowest BCUT2D eigenvalue weighted by Crippen LogP contribution is -2.13. The van der Waals surface area contributed by atoms with Crippen LogP contribution < -0.4 is 5.73 Å². The largest absolute Gasteiger partial charge is 0.328 e. The van der Waals surface area contributed by atoms with Crippen molar-refractivity contribution >= 4 is 0 Å². The molecule has 0 bridgehead atoms. The van der Waals surface area contributed by atoms with Gasteiger partial charge in [-0.05, 0) is 19.8 Å². The normalized spacial score (nSPS) is 13.4. The first-order valence-electron chi connectivity index (χ1n) is 2.64. The SMILES string of the molecule is C=CCC[C@H](C)N. The molecule has 0 amide bonds. The van der Waals surface area contributed by atoms with Crippen LogP contribution in [0, 0.1) is 0 Å². The van der Waals surface area contributed by atoms with Gasteiger partial charge >= 0.3 is 0 Å². The maximum absolute atomic E-state index is 5.43. The number of allylic oxidation sites excluding steroid dienone is 1. The third kappa shape index (κ3) is 5.70. The summed E-state index contributed by atoms with van der Waals surface area (Å²) in [4.78, 5) is 0. The van der Waals surface area contributed by atoms with E-state index in [2.05, 4.69) is 6.58 Å². The summed E-state index contributed by atoms with van der Waals surface area (Å²) in [5.74, 6) is 0. The zero-order valence-corrected chi connectivity index (χ0v) is 4.85. The van der Waals surface area contributed by atoms with E-state index in [1.54, 1.807) is 0 Å². The zero-order valence-electron chi connectivity index (χ0n) is 4.85. The quantitative estimate of drug-likeness (QED) is 0.530. The van der Waals surface area contributed by atoms with Gasteiger partial charge in [0.05, 0.1) is 0 Å². The van der Waals surface area contributed by atoms with Gasteiger partial charge < -0.3 is 5.73 Å². The summed E-state index contributed by atoms with van der Waals surface area (Å²) in [7, 11) is 0. The van der Waals surface area contributed by atoms with Gasteiger partial charge in [0.15, 0.2) is 0 Å². The van der Waals surface area contributed by atoms with E-state index in [-0.39, 0.29) is 0 Å². The first kappa shape index (κ1) is 6.70. The molecule has 0 rings (SSSR count). The van der Waals surface area contributed by atoms with Crippen LogP contribution in [0.3, 0.4) is 0 Å². The molecule has 1 nitrogen and oxygen atoms in total. The summed E-state index contributed by atoms with van der Waals surface area (Å²) in [6.45, 7) is 5.58. The van der Waals surface area contributed by atoms with Crippen molar-refractivity contribution in [3.8, 4) is 0 Å². The molecule has 1 atom stereocenters. The maximum Gasteiger partial charge on any atom is 0.00134 e. The lowest BCUT2D eigenvalue weighted by Gasteiger charge is -1.97. The van der Waals surface area contributed by atoms with Gasteiger partial charge in [0.1, 0.15) is 0 Å². The molecule has 2 N–H and O–H groups in total. The molecule has 0 aromatic heterocycles. The highest BCUT2D eigenvalue weighted by molar-refractivity contribution is 4.68. The third-order valence-corrected chi connectivity index (χ3v) is 0.826. The fraction of sp³-hybridized carbons (Fsp3) is 0.667. The molecule has 0 saturated heterocycles. The first-order valence-corrected chi connectivity index (χ1v) is 2.64. The van der Waals surface area contributed by atoms with Crippen molar-refractivity contribution in [2.45, 2.75) is 25.8 Å². The fourth-order valence-electron chi connectivity index (χ4n) is 0.381. The minimum atomic E-state index is 0.331. The van der Waals surface area contributed by atoms with Gasteiger partial charge in [-0.25, -0.2) is 0 Å². The Morgan fingerprint density at radius 1 is 1.86 bits per heavy atom. The van der Waals surface area contributed by atoms with Crippen LogP contribution in [-0.4, -0.2) is 6.04 Å². The van der Waals surface area contributed by atoms with E-state index in [1.165, 1.54) is 0 Å². The number of nitrogens with two attached hydrogens (primary N) is 1. The molecule has 0 spiro atoms. The predicted octanol–water partition coefficient (Wildman–Crippen LogP) is 1.30. The van der Waals surface area contributed by atoms with Crippen LogP contribution in [0.1, 0.15) is 19.8 Å². The Hall–Kier alpha value is -0.300. The van der Waals surface area contributed by atoms with Crippen LogP contribution in [0.4, 0.5) is 0 Å². The third-order valence-electron chi connectivity index (χ3n) is 0.826. The van der Waals surface area contributed by atoms with Crippen LogP contribution >= 0.6 is 0 Å². The summed E-state index contributed by atoms with van der Waals surface area (Å²) >= 11 is 0. The monoisotopic (exact) mass is 99.1 g/mol. The van der Waals surface area contributed by atoms with Gasteiger partial charge in [-0.1, -0.05) is 6.08 Å². The molecule has 1 heteroatoms. The van der Waals surface area contributed by atoms with E-state index < -0.39 is 0 Å². The minimum absolute atomic E-state index is 0.331. The fourth-order valence-corrected chi connectivity index (χ4v) is 0.381. The highest BCUT2D eigenvalue weighted by Gasteiger charge is 1.87. The van der Waals surface area contributed by atoms with Crippen molar-refractivity contribution in [2.24, 2.45) is 5.73 Å². The molecular weight excluding hydrogens is 86.1 g/mol. The Morgan fingerprint density at radius 3 is 2.57 bits per heavy atom. The summed E-state index contributed by atoms with van der Waals surface area (Å²) < 4.78 is 0. The van der Waals surface area contributed by atoms with Crippen LogP contribution in [0.15, 0.2) is 12.7 Å². The van der Waals surface area contributed by atoms with Crippen molar-refractivity contribution in [3.63, 3.8) is 0 Å². The average molecular weight is 99.2 g/mol. The Labute approximate surface area is 45.2 Å². The molecule has 0 aliphatic carbocycles. The predicted molar refractivity (Wildman–Crippen MR) is 33.1 cm³/mol. The molecule has 0 aromatic rings. The number of hydrogen-bond donors (Lipinski definition) is 1. The smallest absolute Gasteiger partial charge is 0.00134 e. The average Bonchev–Trinajstić information content (AvgIpc) is 1.61. The summed E-state index contributed by atoms with van der Waals surface area (Å²) in [5, 5.41) is 0. The summed E-state index contributed by atoms with van der Waals surface area (Å²) in [6, 6.07) is 0.331. The second kappa shape index (κ2) is 3.88. The van der Waals surface area contributed by atoms with Crippen molar-refractivity contribution < 1.29 is 0 Å². The number of rotatable bonds is 3. The molecule has 0 aliphatic rings. The van der Waals surface area contributed by atoms with E-state index in [0.29, 0.717) is 6.04 Å². The highest BCUT2D eigenvalue weighted by Crippen LogP contribution is 1.91. The van der Waals surface area contributed by atoms with Gasteiger partial charge in [-0.3, -0.25) is 0 Å². The van der Waals surface area contributed by atoms with Crippen LogP contribution in [-0.2, 0) is 0 Å². The molecule has 42 valence electrons. The van der Waals surface area contributed by atoms with Crippen LogP contribution in [0.5, 0.6) is 0 Å². The van der Waals surface area contributed by atoms with Crippen molar-refractivity contribution in [1.82, 2.24) is 0 Å². The van der Waals surface area contributed by atoms with Gasteiger partial charge in [0.25, 0.3) is 0 Å². The van der Waals surface area contributed by atoms with Gasteiger partial charge in [0.2, 0.25) is 0 Å². The van der Waals surface area contributed by atoms with E-state index in [0.717, 1.165) is 12.8 Å². The Balaban J connectivity index is 2.81. The number of hydrogen-bond acceptors (Lipinski definition) is 1. The van der Waals surface area contributed by atoms with Crippen molar-refractivity contribution in [1.29, 1.82) is 0 Å². The first-order chi connectivity index (χ1) is 3.27. The van der Waals surface area contributed by atoms with E-state index >= 15 is 0 Å². The van der Waals surface area contributed by atoms with Crippen LogP contribution in [0.2, 0.25) is 0 Å². The lowest BCUT2D eigenvalue weighted by molar-refractivity contribution is 0.676. The van der Waals surface area contributed by atoms with Gasteiger partial charge in [-0.15, -0.1) is 6.58 Å². The Bertz CT molecular complexity index is 48.1. The van der Waals surface area contributed by atoms with Crippen LogP contribution in [0.25, 0.3) is 0 Å². The molecule has 0 unspecified atom stereocenters. The zero-order chi connectivity index (χ0) is 5.70. The van der Waals surface area contributed by atoms with E-state index in [1.807, 2.05) is 13.0 Å². The van der Waals surface area contributed by atoms with E-state index in [4.69, 9.17) is 5.73 Å². The van der Waals surface area contributed by atoms with Gasteiger partial charge in [-0.2, -0.15) is 0 Å². The molecule has 0 aliphatic heterocycles. The summed E-state index contributed by atoms with van der Waals surface area (Å²) in [5.41, 5.74) is 5.43. The Kier molecular flexibility index (Phi) is 3.71. The lowest BCUT2D eigenvalue weighted by atomic mass is 10.2. The molecule has 0 saturated carbocycles. The maximum atomic E-state index is 5.43. The topological polar surface area (TPSA) is 26.0 Å². The molecule has 0 heterocycles. The van der Waals surface area contributed by atoms with E-state index in [9.17, 15) is 0 Å². The second-order valence-electron chi connectivity index (χ2n) is 1.84. The molecule has 0 fully saturated rings. The summed E-state index contributed by atoms with van der Waals surface area (Å²) in [6.07, 6.45) is 3.99. The highest BCUT2D eigenvalue weighted by atomic mass is 14.6. The standard InChI is InChI=1S/C6H13N/c1-3-4-5-6(2)7/h3,6H,1,4-5,7H2,2H3/t6-/m0/s1. The second-order valence-corrected chi connectivity index (χ2v) is 1.84. The Morgan fingerprint density at radius 2 is 2.43 bits per heavy atom. The van der Waals surface area contributed by atoms with Crippen molar-refractivity contribution in [2.75, 3.05) is 0 Å².